The highest BCUT2D eigenvalue weighted by molar-refractivity contribution is 5.80. The monoisotopic (exact) mass is 297 g/mol. The van der Waals surface area contributed by atoms with Crippen LogP contribution in [0, 0.1) is 11.8 Å². The third-order valence-corrected chi connectivity index (χ3v) is 4.67. The molecule has 0 aromatic carbocycles. The quantitative estimate of drug-likeness (QED) is 0.707. The molecule has 2 N–H and O–H groups in total. The van der Waals surface area contributed by atoms with Crippen molar-refractivity contribution >= 4 is 11.9 Å². The van der Waals surface area contributed by atoms with Gasteiger partial charge in [-0.3, -0.25) is 9.59 Å². The number of aliphatic carboxylic acids is 1. The molecule has 0 radical (unpaired) electrons. The molecule has 0 aromatic heterocycles. The zero-order valence-corrected chi connectivity index (χ0v) is 12.7. The first kappa shape index (κ1) is 16.3. The van der Waals surface area contributed by atoms with E-state index in [2.05, 4.69) is 5.32 Å². The molecule has 21 heavy (non-hydrogen) atoms. The summed E-state index contributed by atoms with van der Waals surface area (Å²) in [5.41, 5.74) is 0. The fourth-order valence-electron chi connectivity index (χ4n) is 3.39. The van der Waals surface area contributed by atoms with Crippen LogP contribution in [0.15, 0.2) is 0 Å². The smallest absolute Gasteiger partial charge is 0.306 e. The molecule has 2 aliphatic rings. The van der Waals surface area contributed by atoms with E-state index < -0.39 is 5.97 Å². The van der Waals surface area contributed by atoms with Crippen LogP contribution in [0.25, 0.3) is 0 Å². The summed E-state index contributed by atoms with van der Waals surface area (Å²) in [6, 6.07) is 0. The van der Waals surface area contributed by atoms with E-state index in [4.69, 9.17) is 9.84 Å². The lowest BCUT2D eigenvalue weighted by Crippen LogP contribution is -2.36. The minimum Gasteiger partial charge on any atom is -0.481 e. The predicted octanol–water partition coefficient (Wildman–Crippen LogP) is 2.34. The number of carboxylic acid groups (broad SMARTS) is 1. The van der Waals surface area contributed by atoms with Gasteiger partial charge in [0.15, 0.2) is 0 Å². The molecule has 0 spiro atoms. The molecule has 2 atom stereocenters. The van der Waals surface area contributed by atoms with Gasteiger partial charge in [-0.05, 0) is 38.5 Å². The molecular formula is C16H27NO4. The Morgan fingerprint density at radius 3 is 2.48 bits per heavy atom. The number of nitrogens with one attached hydrogen (secondary N) is 1. The molecule has 120 valence electrons. The minimum absolute atomic E-state index is 0.0156. The highest BCUT2D eigenvalue weighted by atomic mass is 16.5. The van der Waals surface area contributed by atoms with Crippen molar-refractivity contribution in [3.63, 3.8) is 0 Å². The molecule has 2 unspecified atom stereocenters. The van der Waals surface area contributed by atoms with Crippen LogP contribution in [0.2, 0.25) is 0 Å². The van der Waals surface area contributed by atoms with Crippen LogP contribution < -0.4 is 5.32 Å². The van der Waals surface area contributed by atoms with Gasteiger partial charge in [0, 0.05) is 19.1 Å². The number of carbonyl (C=O) groups excluding carboxylic acids is 1. The number of hydrogen-bond donors (Lipinski definition) is 2. The lowest BCUT2D eigenvalue weighted by molar-refractivity contribution is -0.144. The number of ether oxygens (including phenoxy) is 1. The van der Waals surface area contributed by atoms with Crippen LogP contribution in [0.5, 0.6) is 0 Å². The molecule has 0 aromatic rings. The molecule has 0 saturated heterocycles. The molecule has 5 nitrogen and oxygen atoms in total. The SMILES string of the molecule is O=C(O)C1CCCC(C(=O)NCCCOC2CCCC2)C1. The fourth-order valence-corrected chi connectivity index (χ4v) is 3.39. The van der Waals surface area contributed by atoms with E-state index in [0.717, 1.165) is 19.3 Å². The number of carboxylic acids is 1. The second-order valence-electron chi connectivity index (χ2n) is 6.32. The van der Waals surface area contributed by atoms with Gasteiger partial charge in [-0.25, -0.2) is 0 Å². The Labute approximate surface area is 126 Å². The van der Waals surface area contributed by atoms with Crippen molar-refractivity contribution in [2.24, 2.45) is 11.8 Å². The zero-order valence-electron chi connectivity index (χ0n) is 12.7. The standard InChI is InChI=1S/C16H27NO4/c18-15(12-5-3-6-13(11-12)16(19)20)17-9-4-10-21-14-7-1-2-8-14/h12-14H,1-11H2,(H,17,18)(H,19,20). The van der Waals surface area contributed by atoms with Gasteiger partial charge < -0.3 is 15.2 Å². The van der Waals surface area contributed by atoms with Crippen LogP contribution in [-0.4, -0.2) is 36.2 Å². The number of carbonyl (C=O) groups is 2. The topological polar surface area (TPSA) is 75.6 Å². The summed E-state index contributed by atoms with van der Waals surface area (Å²) in [7, 11) is 0. The molecule has 0 aliphatic heterocycles. The lowest BCUT2D eigenvalue weighted by Gasteiger charge is -2.25. The summed E-state index contributed by atoms with van der Waals surface area (Å²) in [5.74, 6) is -1.23. The van der Waals surface area contributed by atoms with E-state index in [1.807, 2.05) is 0 Å². The van der Waals surface area contributed by atoms with Crippen molar-refractivity contribution in [2.75, 3.05) is 13.2 Å². The van der Waals surface area contributed by atoms with E-state index in [1.54, 1.807) is 0 Å². The van der Waals surface area contributed by atoms with Crippen LogP contribution in [0.3, 0.4) is 0 Å². The Balaban J connectivity index is 1.57. The van der Waals surface area contributed by atoms with Gasteiger partial charge >= 0.3 is 5.97 Å². The highest BCUT2D eigenvalue weighted by Crippen LogP contribution is 2.29. The van der Waals surface area contributed by atoms with Gasteiger partial charge in [0.2, 0.25) is 5.91 Å². The van der Waals surface area contributed by atoms with Crippen LogP contribution in [0.1, 0.15) is 57.8 Å². The normalized spacial score (nSPS) is 26.7. The summed E-state index contributed by atoms with van der Waals surface area (Å²) in [5, 5.41) is 12.0. The Bertz CT molecular complexity index is 352. The van der Waals surface area contributed by atoms with Gasteiger partial charge in [0.05, 0.1) is 12.0 Å². The first-order valence-corrected chi connectivity index (χ1v) is 8.29. The Morgan fingerprint density at radius 1 is 1.05 bits per heavy atom. The van der Waals surface area contributed by atoms with Crippen molar-refractivity contribution < 1.29 is 19.4 Å². The summed E-state index contributed by atoms with van der Waals surface area (Å²) >= 11 is 0. The second-order valence-corrected chi connectivity index (χ2v) is 6.32. The number of hydrogen-bond acceptors (Lipinski definition) is 3. The van der Waals surface area contributed by atoms with E-state index in [-0.39, 0.29) is 17.7 Å². The molecule has 1 amide bonds. The van der Waals surface area contributed by atoms with Crippen LogP contribution in [-0.2, 0) is 14.3 Å². The molecule has 2 saturated carbocycles. The van der Waals surface area contributed by atoms with Crippen LogP contribution in [0.4, 0.5) is 0 Å². The maximum absolute atomic E-state index is 12.0. The highest BCUT2D eigenvalue weighted by Gasteiger charge is 2.30. The first-order chi connectivity index (χ1) is 10.2. The van der Waals surface area contributed by atoms with Crippen molar-refractivity contribution in [3.8, 4) is 0 Å². The average molecular weight is 297 g/mol. The molecule has 0 bridgehead atoms. The van der Waals surface area contributed by atoms with Crippen molar-refractivity contribution in [1.29, 1.82) is 0 Å². The Hall–Kier alpha value is -1.10. The largest absolute Gasteiger partial charge is 0.481 e. The molecular weight excluding hydrogens is 270 g/mol. The van der Waals surface area contributed by atoms with Gasteiger partial charge in [0.1, 0.15) is 0 Å². The molecule has 5 heteroatoms. The minimum atomic E-state index is -0.766. The van der Waals surface area contributed by atoms with Crippen molar-refractivity contribution in [2.45, 2.75) is 63.9 Å². The maximum Gasteiger partial charge on any atom is 0.306 e. The number of amides is 1. The zero-order chi connectivity index (χ0) is 15.1. The molecule has 2 rings (SSSR count). The summed E-state index contributed by atoms with van der Waals surface area (Å²) in [6.45, 7) is 1.33. The second kappa shape index (κ2) is 8.37. The maximum atomic E-state index is 12.0. The Kier molecular flexibility index (Phi) is 6.49. The van der Waals surface area contributed by atoms with Gasteiger partial charge in [0.25, 0.3) is 0 Å². The molecule has 2 aliphatic carbocycles. The van der Waals surface area contributed by atoms with Crippen molar-refractivity contribution in [3.05, 3.63) is 0 Å². The fraction of sp³-hybridized carbons (Fsp3) is 0.875. The van der Waals surface area contributed by atoms with E-state index in [9.17, 15) is 9.59 Å². The first-order valence-electron chi connectivity index (χ1n) is 8.29. The van der Waals surface area contributed by atoms with Crippen molar-refractivity contribution in [1.82, 2.24) is 5.32 Å². The van der Waals surface area contributed by atoms with E-state index >= 15 is 0 Å². The lowest BCUT2D eigenvalue weighted by atomic mass is 9.81. The van der Waals surface area contributed by atoms with E-state index in [0.29, 0.717) is 32.1 Å². The van der Waals surface area contributed by atoms with Gasteiger partial charge in [-0.15, -0.1) is 0 Å². The van der Waals surface area contributed by atoms with Gasteiger partial charge in [-0.2, -0.15) is 0 Å². The van der Waals surface area contributed by atoms with Gasteiger partial charge in [-0.1, -0.05) is 19.3 Å². The summed E-state index contributed by atoms with van der Waals surface area (Å²) in [4.78, 5) is 23.0. The van der Waals surface area contributed by atoms with Crippen LogP contribution >= 0.6 is 0 Å². The Morgan fingerprint density at radius 2 is 1.76 bits per heavy atom. The third-order valence-electron chi connectivity index (χ3n) is 4.67. The predicted molar refractivity (Wildman–Crippen MR) is 78.9 cm³/mol. The summed E-state index contributed by atoms with van der Waals surface area (Å²) < 4.78 is 5.75. The summed E-state index contributed by atoms with van der Waals surface area (Å²) in [6.07, 6.45) is 8.98. The third kappa shape index (κ3) is 5.30. The number of rotatable bonds is 7. The molecule has 2 fully saturated rings. The van der Waals surface area contributed by atoms with E-state index in [1.165, 1.54) is 25.7 Å². The molecule has 0 heterocycles. The average Bonchev–Trinajstić information content (AvgIpc) is 3.00.